The molecule has 0 radical (unpaired) electrons. The number of carboxylic acids is 1. The van der Waals surface area contributed by atoms with Crippen molar-refractivity contribution in [2.24, 2.45) is 0 Å². The van der Waals surface area contributed by atoms with Gasteiger partial charge in [0.2, 0.25) is 0 Å². The lowest BCUT2D eigenvalue weighted by molar-refractivity contribution is -0.141. The Bertz CT molecular complexity index is 564. The van der Waals surface area contributed by atoms with Crippen LogP contribution in [-0.4, -0.2) is 50.7 Å². The summed E-state index contributed by atoms with van der Waals surface area (Å²) >= 11 is 5.92. The van der Waals surface area contributed by atoms with Gasteiger partial charge in [0.15, 0.2) is 0 Å². The van der Waals surface area contributed by atoms with Crippen molar-refractivity contribution in [3.05, 3.63) is 28.5 Å². The third-order valence-electron chi connectivity index (χ3n) is 3.43. The van der Waals surface area contributed by atoms with Crippen LogP contribution in [0.4, 0.5) is 0 Å². The number of rotatable bonds is 4. The second-order valence-electron chi connectivity index (χ2n) is 5.12. The molecule has 2 N–H and O–H groups in total. The number of aromatic nitrogens is 1. The number of aliphatic hydroxyl groups excluding tert-OH is 1. The number of β-amino-alcohol motifs (C(OH)–C–C–N with tert-alkyl or cyclic N) is 1. The van der Waals surface area contributed by atoms with Gasteiger partial charge in [-0.2, -0.15) is 0 Å². The van der Waals surface area contributed by atoms with E-state index in [1.165, 1.54) is 11.0 Å². The Morgan fingerprint density at radius 3 is 2.81 bits per heavy atom. The van der Waals surface area contributed by atoms with Crippen LogP contribution in [-0.2, 0) is 11.2 Å². The summed E-state index contributed by atoms with van der Waals surface area (Å²) in [6.07, 6.45) is 0.775. The summed E-state index contributed by atoms with van der Waals surface area (Å²) in [5, 5.41) is 19.0. The summed E-state index contributed by atoms with van der Waals surface area (Å²) in [5.41, 5.74) is 0.999. The van der Waals surface area contributed by atoms with Crippen LogP contribution >= 0.6 is 11.6 Å². The molecule has 1 aromatic heterocycles. The molecule has 2 heterocycles. The summed E-state index contributed by atoms with van der Waals surface area (Å²) in [6, 6.07) is 2.04. The molecule has 0 saturated carbocycles. The first-order valence-corrected chi connectivity index (χ1v) is 7.18. The second kappa shape index (κ2) is 6.41. The molecule has 114 valence electrons. The van der Waals surface area contributed by atoms with Crippen molar-refractivity contribution >= 4 is 23.5 Å². The first-order chi connectivity index (χ1) is 9.92. The number of likely N-dealkylation sites (tertiary alicyclic amines) is 1. The summed E-state index contributed by atoms with van der Waals surface area (Å²) < 4.78 is 0. The molecule has 0 aliphatic carbocycles. The minimum Gasteiger partial charge on any atom is -0.480 e. The number of nitrogens with zero attached hydrogens (tertiary/aromatic N) is 2. The highest BCUT2D eigenvalue weighted by atomic mass is 35.5. The molecule has 6 nitrogen and oxygen atoms in total. The Morgan fingerprint density at radius 1 is 1.48 bits per heavy atom. The van der Waals surface area contributed by atoms with Gasteiger partial charge < -0.3 is 15.1 Å². The number of halogens is 1. The zero-order chi connectivity index (χ0) is 15.6. The van der Waals surface area contributed by atoms with Crippen molar-refractivity contribution in [2.45, 2.75) is 38.3 Å². The number of aliphatic hydroxyl groups is 1. The predicted molar refractivity (Wildman–Crippen MR) is 76.3 cm³/mol. The first-order valence-electron chi connectivity index (χ1n) is 6.80. The van der Waals surface area contributed by atoms with Crippen molar-refractivity contribution in [2.75, 3.05) is 6.54 Å². The maximum Gasteiger partial charge on any atom is 0.326 e. The fourth-order valence-corrected chi connectivity index (χ4v) is 2.72. The topological polar surface area (TPSA) is 90.7 Å². The Morgan fingerprint density at radius 2 is 2.19 bits per heavy atom. The molecule has 0 aromatic carbocycles. The van der Waals surface area contributed by atoms with E-state index in [1.807, 2.05) is 6.92 Å². The molecule has 1 amide bonds. The molecule has 0 bridgehead atoms. The van der Waals surface area contributed by atoms with Crippen LogP contribution in [0.5, 0.6) is 0 Å². The van der Waals surface area contributed by atoms with Crippen LogP contribution in [0, 0.1) is 0 Å². The van der Waals surface area contributed by atoms with E-state index in [0.29, 0.717) is 17.7 Å². The van der Waals surface area contributed by atoms with Gasteiger partial charge in [0.05, 0.1) is 6.10 Å². The summed E-state index contributed by atoms with van der Waals surface area (Å²) in [7, 11) is 0. The lowest BCUT2D eigenvalue weighted by atomic mass is 10.1. The maximum atomic E-state index is 12.5. The number of aliphatic carboxylic acids is 1. The number of carbonyl (C=O) groups excluding carboxylic acids is 1. The summed E-state index contributed by atoms with van der Waals surface area (Å²) in [5.74, 6) is -1.56. The van der Waals surface area contributed by atoms with Gasteiger partial charge in [-0.3, -0.25) is 4.79 Å². The zero-order valence-electron chi connectivity index (χ0n) is 11.6. The molecule has 0 spiro atoms. The smallest absolute Gasteiger partial charge is 0.326 e. The number of carboxylic acid groups (broad SMARTS) is 1. The van der Waals surface area contributed by atoms with Gasteiger partial charge in [-0.05, 0) is 18.6 Å². The number of carbonyl (C=O) groups is 2. The molecule has 7 heteroatoms. The van der Waals surface area contributed by atoms with E-state index in [2.05, 4.69) is 4.98 Å². The van der Waals surface area contributed by atoms with Crippen molar-refractivity contribution in [1.82, 2.24) is 9.88 Å². The Kier molecular flexibility index (Phi) is 4.80. The summed E-state index contributed by atoms with van der Waals surface area (Å²) in [6.45, 7) is 2.00. The SMILES string of the molecule is CCCc1cc(C(=O)N2CC(O)C[C@H]2C(=O)O)cc(Cl)n1. The third kappa shape index (κ3) is 3.51. The Hall–Kier alpha value is -1.66. The van der Waals surface area contributed by atoms with Crippen LogP contribution in [0.1, 0.15) is 35.8 Å². The highest BCUT2D eigenvalue weighted by molar-refractivity contribution is 6.29. The average Bonchev–Trinajstić information content (AvgIpc) is 2.80. The number of pyridine rings is 1. The van der Waals surface area contributed by atoms with Gasteiger partial charge in [0.25, 0.3) is 5.91 Å². The summed E-state index contributed by atoms with van der Waals surface area (Å²) in [4.78, 5) is 29.0. The minimum atomic E-state index is -1.12. The monoisotopic (exact) mass is 312 g/mol. The molecule has 1 aromatic rings. The molecule has 1 aliphatic rings. The highest BCUT2D eigenvalue weighted by Gasteiger charge is 2.39. The fraction of sp³-hybridized carbons (Fsp3) is 0.500. The zero-order valence-corrected chi connectivity index (χ0v) is 12.4. The minimum absolute atomic E-state index is 0.0128. The van der Waals surface area contributed by atoms with Crippen molar-refractivity contribution in [3.8, 4) is 0 Å². The molecule has 1 unspecified atom stereocenters. The highest BCUT2D eigenvalue weighted by Crippen LogP contribution is 2.22. The van der Waals surface area contributed by atoms with Gasteiger partial charge in [-0.1, -0.05) is 24.9 Å². The van der Waals surface area contributed by atoms with Crippen LogP contribution in [0.25, 0.3) is 0 Å². The van der Waals surface area contributed by atoms with Crippen LogP contribution in [0.15, 0.2) is 12.1 Å². The fourth-order valence-electron chi connectivity index (χ4n) is 2.50. The first kappa shape index (κ1) is 15.7. The largest absolute Gasteiger partial charge is 0.480 e. The van der Waals surface area contributed by atoms with E-state index in [0.717, 1.165) is 6.42 Å². The molecular formula is C14H17ClN2O4. The predicted octanol–water partition coefficient (Wildman–Crippen LogP) is 1.35. The Balaban J connectivity index is 2.28. The number of aryl methyl sites for hydroxylation is 1. The number of amides is 1. The van der Waals surface area contributed by atoms with E-state index in [4.69, 9.17) is 16.7 Å². The normalized spacial score (nSPS) is 21.6. The van der Waals surface area contributed by atoms with Gasteiger partial charge in [-0.15, -0.1) is 0 Å². The molecule has 1 fully saturated rings. The van der Waals surface area contributed by atoms with Gasteiger partial charge in [0, 0.05) is 24.2 Å². The second-order valence-corrected chi connectivity index (χ2v) is 5.51. The van der Waals surface area contributed by atoms with E-state index in [9.17, 15) is 14.7 Å². The van der Waals surface area contributed by atoms with Gasteiger partial charge >= 0.3 is 5.97 Å². The Labute approximate surface area is 127 Å². The van der Waals surface area contributed by atoms with Crippen LogP contribution in [0.3, 0.4) is 0 Å². The molecule has 2 rings (SSSR count). The lowest BCUT2D eigenvalue weighted by Crippen LogP contribution is -2.40. The van der Waals surface area contributed by atoms with Crippen LogP contribution in [0.2, 0.25) is 5.15 Å². The van der Waals surface area contributed by atoms with Gasteiger partial charge in [0.1, 0.15) is 11.2 Å². The van der Waals surface area contributed by atoms with Crippen molar-refractivity contribution in [3.63, 3.8) is 0 Å². The van der Waals surface area contributed by atoms with E-state index < -0.39 is 24.0 Å². The lowest BCUT2D eigenvalue weighted by Gasteiger charge is -2.21. The quantitative estimate of drug-likeness (QED) is 0.819. The molecule has 1 aliphatic heterocycles. The van der Waals surface area contributed by atoms with E-state index >= 15 is 0 Å². The van der Waals surface area contributed by atoms with E-state index in [-0.39, 0.29) is 18.1 Å². The molecule has 1 saturated heterocycles. The average molecular weight is 313 g/mol. The molecule has 2 atom stereocenters. The molecular weight excluding hydrogens is 296 g/mol. The number of hydrogen-bond acceptors (Lipinski definition) is 4. The van der Waals surface area contributed by atoms with Gasteiger partial charge in [-0.25, -0.2) is 9.78 Å². The van der Waals surface area contributed by atoms with Crippen molar-refractivity contribution < 1.29 is 19.8 Å². The van der Waals surface area contributed by atoms with Crippen LogP contribution < -0.4 is 0 Å². The third-order valence-corrected chi connectivity index (χ3v) is 3.62. The number of hydrogen-bond donors (Lipinski definition) is 2. The van der Waals surface area contributed by atoms with Crippen molar-refractivity contribution in [1.29, 1.82) is 0 Å². The van der Waals surface area contributed by atoms with E-state index in [1.54, 1.807) is 6.07 Å². The maximum absolute atomic E-state index is 12.5. The molecule has 21 heavy (non-hydrogen) atoms. The standard InChI is InChI=1S/C14H17ClN2O4/c1-2-3-9-4-8(5-12(15)16-9)13(19)17-7-10(18)6-11(17)14(20)21/h4-5,10-11,18H,2-3,6-7H2,1H3,(H,20,21)/t10?,11-/m0/s1.